The molecule has 1 aromatic heterocycles. The lowest BCUT2D eigenvalue weighted by molar-refractivity contribution is -0.170. The van der Waals surface area contributed by atoms with Gasteiger partial charge in [0.2, 0.25) is 5.91 Å². The van der Waals surface area contributed by atoms with Gasteiger partial charge in [0.25, 0.3) is 24.1 Å². The Bertz CT molecular complexity index is 1250. The Morgan fingerprint density at radius 2 is 1.85 bits per heavy atom. The molecule has 1 atom stereocenters. The second-order valence-electron chi connectivity index (χ2n) is 7.92. The van der Waals surface area contributed by atoms with Gasteiger partial charge in [-0.25, -0.2) is 17.6 Å². The summed E-state index contributed by atoms with van der Waals surface area (Å²) < 4.78 is 85.2. The third kappa shape index (κ3) is 7.39. The van der Waals surface area contributed by atoms with Crippen molar-refractivity contribution in [1.29, 1.82) is 0 Å². The number of nitrogens with one attached hydrogen (secondary N) is 3. The molecule has 212 valence electrons. The molecule has 2 heterocycles. The summed E-state index contributed by atoms with van der Waals surface area (Å²) in [5, 5.41) is 5.60. The molecule has 3 rings (SSSR count). The molecule has 1 aromatic carbocycles. The summed E-state index contributed by atoms with van der Waals surface area (Å²) in [7, 11) is 0. The van der Waals surface area contributed by atoms with E-state index in [0.29, 0.717) is 0 Å². The minimum absolute atomic E-state index is 0.0385. The van der Waals surface area contributed by atoms with Crippen LogP contribution >= 0.6 is 22.9 Å². The van der Waals surface area contributed by atoms with Crippen LogP contribution < -0.4 is 20.9 Å². The quantitative estimate of drug-likeness (QED) is 0.361. The number of ether oxygens (including phenoxy) is 1. The van der Waals surface area contributed by atoms with Crippen molar-refractivity contribution in [1.82, 2.24) is 10.6 Å². The van der Waals surface area contributed by atoms with Gasteiger partial charge < -0.3 is 25.6 Å². The van der Waals surface area contributed by atoms with Crippen LogP contribution in [0.5, 0.6) is 0 Å². The number of alkyl halides is 6. The molecule has 1 aliphatic rings. The summed E-state index contributed by atoms with van der Waals surface area (Å²) in [4.78, 5) is 50.2. The van der Waals surface area contributed by atoms with E-state index in [1.54, 1.807) is 0 Å². The van der Waals surface area contributed by atoms with Crippen LogP contribution in [0.3, 0.4) is 0 Å². The van der Waals surface area contributed by atoms with Crippen molar-refractivity contribution >= 4 is 57.9 Å². The fourth-order valence-electron chi connectivity index (χ4n) is 3.30. The van der Waals surface area contributed by atoms with Crippen molar-refractivity contribution < 1.29 is 50.3 Å². The van der Waals surface area contributed by atoms with Crippen LogP contribution in [0, 0.1) is 0 Å². The van der Waals surface area contributed by atoms with E-state index >= 15 is 0 Å². The average molecular weight is 601 g/mol. The lowest BCUT2D eigenvalue weighted by Crippen LogP contribution is -2.56. The van der Waals surface area contributed by atoms with Crippen molar-refractivity contribution in [2.24, 2.45) is 0 Å². The number of nitrogens with zero attached hydrogens (tertiary/aromatic N) is 1. The van der Waals surface area contributed by atoms with Crippen LogP contribution in [0.15, 0.2) is 30.3 Å². The molecule has 4 amide bonds. The lowest BCUT2D eigenvalue weighted by atomic mass is 10.1. The smallest absolute Gasteiger partial charge is 0.370 e. The Kier molecular flexibility index (Phi) is 9.79. The first kappa shape index (κ1) is 30.2. The summed E-state index contributed by atoms with van der Waals surface area (Å²) in [6.07, 6.45) is -7.60. The molecule has 9 nitrogen and oxygen atoms in total. The van der Waals surface area contributed by atoms with Crippen molar-refractivity contribution in [3.63, 3.8) is 0 Å². The Hall–Kier alpha value is -3.37. The Labute approximate surface area is 225 Å². The van der Waals surface area contributed by atoms with Gasteiger partial charge in [-0.1, -0.05) is 11.6 Å². The highest BCUT2D eigenvalue weighted by Crippen LogP contribution is 2.32. The van der Waals surface area contributed by atoms with E-state index in [4.69, 9.17) is 16.3 Å². The van der Waals surface area contributed by atoms with Crippen LogP contribution in [0.25, 0.3) is 0 Å². The minimum atomic E-state index is -5.19. The van der Waals surface area contributed by atoms with Crippen molar-refractivity contribution in [2.45, 2.75) is 24.8 Å². The molecule has 0 spiro atoms. The topological polar surface area (TPSA) is 117 Å². The van der Waals surface area contributed by atoms with Crippen LogP contribution in [-0.4, -0.2) is 68.3 Å². The maximum Gasteiger partial charge on any atom is 0.383 e. The van der Waals surface area contributed by atoms with E-state index < -0.39 is 66.2 Å². The van der Waals surface area contributed by atoms with Crippen molar-refractivity contribution in [3.05, 3.63) is 45.1 Å². The highest BCUT2D eigenvalue weighted by Gasteiger charge is 2.50. The van der Waals surface area contributed by atoms with Gasteiger partial charge >= 0.3 is 12.3 Å². The molecule has 0 radical (unpaired) electrons. The number of thiophene rings is 1. The molecule has 17 heteroatoms. The third-order valence-electron chi connectivity index (χ3n) is 5.29. The number of hydrogen-bond donors (Lipinski definition) is 3. The van der Waals surface area contributed by atoms with Gasteiger partial charge in [-0.2, -0.15) is 8.78 Å². The second-order valence-corrected chi connectivity index (χ2v) is 9.64. The number of amides is 4. The molecule has 1 fully saturated rings. The fraction of sp³-hybridized carbons (Fsp3) is 0.364. The monoisotopic (exact) mass is 600 g/mol. The summed E-state index contributed by atoms with van der Waals surface area (Å²) >= 11 is 6.57. The van der Waals surface area contributed by atoms with Gasteiger partial charge in [0.05, 0.1) is 15.8 Å². The number of anilines is 2. The largest absolute Gasteiger partial charge is 0.383 e. The number of halogens is 7. The number of morpholine rings is 1. The minimum Gasteiger partial charge on any atom is -0.370 e. The van der Waals surface area contributed by atoms with E-state index in [2.05, 4.69) is 5.32 Å². The molecule has 0 bridgehead atoms. The highest BCUT2D eigenvalue weighted by atomic mass is 35.5. The zero-order valence-electron chi connectivity index (χ0n) is 19.5. The summed E-state index contributed by atoms with van der Waals surface area (Å²) in [5.41, 5.74) is -1.21. The number of benzene rings is 1. The van der Waals surface area contributed by atoms with Crippen LogP contribution in [-0.2, 0) is 19.1 Å². The molecule has 2 aromatic rings. The number of rotatable bonds is 10. The normalized spacial score (nSPS) is 14.9. The zero-order chi connectivity index (χ0) is 28.9. The first-order valence-corrected chi connectivity index (χ1v) is 12.1. The summed E-state index contributed by atoms with van der Waals surface area (Å²) in [6.45, 7) is -0.913. The SMILES string of the molecule is O=C(NC[C@H](NC(=O)C(F)(F)C(F)F)C(=O)Nc1ccc(N2CCOCC2=O)cc1C(F)F)c1ccc(Cl)s1. The molecular formula is C22H19ClF6N4O5S. The van der Waals surface area contributed by atoms with Crippen LogP contribution in [0.1, 0.15) is 21.7 Å². The van der Waals surface area contributed by atoms with E-state index in [1.807, 2.05) is 5.32 Å². The predicted molar refractivity (Wildman–Crippen MR) is 128 cm³/mol. The van der Waals surface area contributed by atoms with Gasteiger partial charge in [0, 0.05) is 30.0 Å². The van der Waals surface area contributed by atoms with Crippen LogP contribution in [0.2, 0.25) is 4.34 Å². The first-order chi connectivity index (χ1) is 18.3. The zero-order valence-corrected chi connectivity index (χ0v) is 21.1. The van der Waals surface area contributed by atoms with E-state index in [-0.39, 0.29) is 34.7 Å². The number of hydrogen-bond acceptors (Lipinski definition) is 6. The van der Waals surface area contributed by atoms with Gasteiger partial charge in [0.1, 0.15) is 12.6 Å². The van der Waals surface area contributed by atoms with Gasteiger partial charge in [-0.05, 0) is 30.3 Å². The summed E-state index contributed by atoms with van der Waals surface area (Å²) in [6, 6.07) is 3.74. The molecule has 1 saturated heterocycles. The standard InChI is InChI=1S/C22H19ClF6N4O5S/c23-15-4-3-14(39-15)19(36)30-8-13(32-21(37)22(28,29)20(26)27)18(35)31-12-2-1-10(7-11(12)17(24)25)33-5-6-38-9-16(33)34/h1-4,7,13,17,20H,5-6,8-9H2,(H,30,36)(H,31,35)(H,32,37)/t13-/m0/s1. The number of carbonyl (C=O) groups is 4. The van der Waals surface area contributed by atoms with E-state index in [9.17, 15) is 45.5 Å². The van der Waals surface area contributed by atoms with E-state index in [0.717, 1.165) is 23.5 Å². The first-order valence-electron chi connectivity index (χ1n) is 10.9. The molecule has 1 aliphatic heterocycles. The van der Waals surface area contributed by atoms with Crippen molar-refractivity contribution in [3.8, 4) is 0 Å². The highest BCUT2D eigenvalue weighted by molar-refractivity contribution is 7.18. The van der Waals surface area contributed by atoms with Gasteiger partial charge in [-0.3, -0.25) is 19.2 Å². The Morgan fingerprint density at radius 3 is 2.44 bits per heavy atom. The fourth-order valence-corrected chi connectivity index (χ4v) is 4.26. The van der Waals surface area contributed by atoms with E-state index in [1.165, 1.54) is 28.4 Å². The Morgan fingerprint density at radius 1 is 1.13 bits per heavy atom. The molecule has 0 aliphatic carbocycles. The second kappa shape index (κ2) is 12.7. The third-order valence-corrected chi connectivity index (χ3v) is 6.52. The summed E-state index contributed by atoms with van der Waals surface area (Å²) in [5.74, 6) is -10.4. The molecule has 0 unspecified atom stereocenters. The van der Waals surface area contributed by atoms with Gasteiger partial charge in [-0.15, -0.1) is 11.3 Å². The molecule has 3 N–H and O–H groups in total. The van der Waals surface area contributed by atoms with Gasteiger partial charge in [0.15, 0.2) is 0 Å². The maximum atomic E-state index is 13.8. The molecule has 39 heavy (non-hydrogen) atoms. The Balaban J connectivity index is 1.83. The molecular weight excluding hydrogens is 582 g/mol. The molecule has 0 saturated carbocycles. The average Bonchev–Trinajstić information content (AvgIpc) is 3.32. The number of carbonyl (C=O) groups excluding carboxylic acids is 4. The van der Waals surface area contributed by atoms with Crippen molar-refractivity contribution in [2.75, 3.05) is 36.5 Å². The van der Waals surface area contributed by atoms with Crippen LogP contribution in [0.4, 0.5) is 37.7 Å². The predicted octanol–water partition coefficient (Wildman–Crippen LogP) is 3.46. The maximum absolute atomic E-state index is 13.8. The lowest BCUT2D eigenvalue weighted by Gasteiger charge is -2.28.